The van der Waals surface area contributed by atoms with Crippen molar-refractivity contribution in [2.24, 2.45) is 0 Å². The average molecular weight is 339 g/mol. The van der Waals surface area contributed by atoms with Gasteiger partial charge in [-0.15, -0.1) is 0 Å². The number of nitrogens with one attached hydrogen (secondary N) is 1. The van der Waals surface area contributed by atoms with E-state index in [1.165, 1.54) is 23.5 Å². The predicted octanol–water partition coefficient (Wildman–Crippen LogP) is 4.61. The molecule has 1 amide bonds. The minimum Gasteiger partial charge on any atom is -0.320 e. The summed E-state index contributed by atoms with van der Waals surface area (Å²) in [7, 11) is 0. The first-order chi connectivity index (χ1) is 10.5. The number of carbonyl (C=O) groups is 1. The lowest BCUT2D eigenvalue weighted by Gasteiger charge is -2.27. The molecule has 0 aliphatic heterocycles. The first-order valence-corrected chi connectivity index (χ1v) is 6.10. The fraction of sp³-hybridized carbons (Fsp3) is 0.214. The zero-order valence-electron chi connectivity index (χ0n) is 11.1. The van der Waals surface area contributed by atoms with Gasteiger partial charge in [-0.2, -0.15) is 30.7 Å². The largest absolute Gasteiger partial charge is 0.460 e. The Hall–Kier alpha value is -2.32. The van der Waals surface area contributed by atoms with E-state index in [9.17, 15) is 35.5 Å². The highest BCUT2D eigenvalue weighted by atomic mass is 19.4. The lowest BCUT2D eigenvalue weighted by molar-refractivity contribution is -0.343. The molecule has 0 aliphatic rings. The summed E-state index contributed by atoms with van der Waals surface area (Å²) in [6.45, 7) is 0. The van der Waals surface area contributed by atoms with E-state index in [4.69, 9.17) is 0 Å². The molecule has 0 fully saturated rings. The molecule has 2 aromatic rings. The van der Waals surface area contributed by atoms with E-state index in [0.29, 0.717) is 5.39 Å². The molecule has 0 radical (unpaired) electrons. The molecule has 0 bridgehead atoms. The van der Waals surface area contributed by atoms with Gasteiger partial charge in [-0.3, -0.25) is 4.79 Å². The molecule has 2 rings (SSSR count). The maximum Gasteiger partial charge on any atom is 0.460 e. The van der Waals surface area contributed by atoms with Crippen molar-refractivity contribution in [1.29, 1.82) is 0 Å². The molecule has 0 aromatic heterocycles. The second-order valence-corrected chi connectivity index (χ2v) is 4.63. The van der Waals surface area contributed by atoms with Crippen molar-refractivity contribution in [2.45, 2.75) is 18.0 Å². The molecule has 2 aromatic carbocycles. The number of hydrogen-bond donors (Lipinski definition) is 1. The van der Waals surface area contributed by atoms with Crippen LogP contribution in [0.4, 0.5) is 36.4 Å². The Balaban J connectivity index is 2.38. The molecule has 0 saturated carbocycles. The maximum absolute atomic E-state index is 13.3. The predicted molar refractivity (Wildman–Crippen MR) is 68.5 cm³/mol. The Morgan fingerprint density at radius 3 is 2.00 bits per heavy atom. The number of hydrogen-bond acceptors (Lipinski definition) is 1. The number of carbonyl (C=O) groups excluding carboxylic acids is 1. The van der Waals surface area contributed by atoms with Crippen LogP contribution in [0.15, 0.2) is 42.5 Å². The van der Waals surface area contributed by atoms with Crippen LogP contribution in [0.3, 0.4) is 0 Å². The maximum atomic E-state index is 13.3. The summed E-state index contributed by atoms with van der Waals surface area (Å²) in [5.41, 5.74) is -0.300. The van der Waals surface area contributed by atoms with E-state index in [0.717, 1.165) is 6.07 Å². The number of alkyl halides is 7. The van der Waals surface area contributed by atoms with Gasteiger partial charge < -0.3 is 5.32 Å². The molecule has 0 aliphatic carbocycles. The molecule has 0 heterocycles. The Bertz CT molecular complexity index is 734. The first-order valence-electron chi connectivity index (χ1n) is 6.10. The van der Waals surface area contributed by atoms with Crippen LogP contribution in [0.25, 0.3) is 10.8 Å². The van der Waals surface area contributed by atoms with Gasteiger partial charge in [0, 0.05) is 11.1 Å². The number of benzene rings is 2. The molecule has 0 saturated heterocycles. The third-order valence-electron chi connectivity index (χ3n) is 3.07. The van der Waals surface area contributed by atoms with Crippen molar-refractivity contribution < 1.29 is 35.5 Å². The number of amides is 1. The third-order valence-corrected chi connectivity index (χ3v) is 3.07. The fourth-order valence-corrected chi connectivity index (χ4v) is 1.86. The van der Waals surface area contributed by atoms with E-state index in [1.807, 2.05) is 0 Å². The summed E-state index contributed by atoms with van der Waals surface area (Å²) in [5.74, 6) is -15.2. The topological polar surface area (TPSA) is 29.1 Å². The normalized spacial score (nSPS) is 13.2. The Labute approximate surface area is 124 Å². The van der Waals surface area contributed by atoms with Crippen molar-refractivity contribution in [1.82, 2.24) is 0 Å². The molecular formula is C14H8F7NO. The van der Waals surface area contributed by atoms with Crippen LogP contribution < -0.4 is 5.32 Å². The Morgan fingerprint density at radius 1 is 0.826 bits per heavy atom. The fourth-order valence-electron chi connectivity index (χ4n) is 1.86. The number of anilines is 1. The second-order valence-electron chi connectivity index (χ2n) is 4.63. The van der Waals surface area contributed by atoms with E-state index in [-0.39, 0.29) is 11.1 Å². The lowest BCUT2D eigenvalue weighted by atomic mass is 10.1. The summed E-state index contributed by atoms with van der Waals surface area (Å²) in [5, 5.41) is 2.13. The van der Waals surface area contributed by atoms with Gasteiger partial charge in [-0.25, -0.2) is 0 Å². The molecular weight excluding hydrogens is 331 g/mol. The second kappa shape index (κ2) is 5.39. The summed E-state index contributed by atoms with van der Waals surface area (Å²) in [6, 6.07) is 10.0. The monoisotopic (exact) mass is 339 g/mol. The average Bonchev–Trinajstić information content (AvgIpc) is 2.46. The molecule has 124 valence electrons. The van der Waals surface area contributed by atoms with E-state index < -0.39 is 23.9 Å². The van der Waals surface area contributed by atoms with Crippen molar-refractivity contribution in [3.05, 3.63) is 42.5 Å². The Kier molecular flexibility index (Phi) is 4.00. The van der Waals surface area contributed by atoms with Gasteiger partial charge in [0.05, 0.1) is 0 Å². The molecule has 23 heavy (non-hydrogen) atoms. The summed E-state index contributed by atoms with van der Waals surface area (Å²) in [4.78, 5) is 11.3. The number of halogens is 7. The highest BCUT2D eigenvalue weighted by Crippen LogP contribution is 2.47. The zero-order chi connectivity index (χ0) is 17.5. The van der Waals surface area contributed by atoms with Crippen LogP contribution in [0, 0.1) is 0 Å². The van der Waals surface area contributed by atoms with Crippen molar-refractivity contribution >= 4 is 22.4 Å². The van der Waals surface area contributed by atoms with E-state index in [2.05, 4.69) is 0 Å². The van der Waals surface area contributed by atoms with Crippen LogP contribution in [-0.4, -0.2) is 23.9 Å². The highest BCUT2D eigenvalue weighted by molar-refractivity contribution is 6.04. The van der Waals surface area contributed by atoms with Gasteiger partial charge in [0.25, 0.3) is 0 Å². The van der Waals surface area contributed by atoms with Crippen LogP contribution in [0.2, 0.25) is 0 Å². The van der Waals surface area contributed by atoms with Crippen molar-refractivity contribution in [2.75, 3.05) is 5.32 Å². The zero-order valence-corrected chi connectivity index (χ0v) is 11.1. The highest BCUT2D eigenvalue weighted by Gasteiger charge is 2.76. The first kappa shape index (κ1) is 17.0. The van der Waals surface area contributed by atoms with Gasteiger partial charge >= 0.3 is 23.9 Å². The summed E-state index contributed by atoms with van der Waals surface area (Å²) in [6.07, 6.45) is -6.56. The molecule has 0 unspecified atom stereocenters. The minimum absolute atomic E-state index is 0.217. The van der Waals surface area contributed by atoms with Gasteiger partial charge in [-0.05, 0) is 11.5 Å². The molecule has 2 nitrogen and oxygen atoms in total. The van der Waals surface area contributed by atoms with Gasteiger partial charge in [0.15, 0.2) is 0 Å². The van der Waals surface area contributed by atoms with Gasteiger partial charge in [0.2, 0.25) is 0 Å². The Morgan fingerprint density at radius 2 is 1.39 bits per heavy atom. The van der Waals surface area contributed by atoms with Crippen LogP contribution in [0.5, 0.6) is 0 Å². The van der Waals surface area contributed by atoms with Crippen LogP contribution >= 0.6 is 0 Å². The van der Waals surface area contributed by atoms with Crippen LogP contribution in [0.1, 0.15) is 0 Å². The van der Waals surface area contributed by atoms with Crippen molar-refractivity contribution in [3.63, 3.8) is 0 Å². The van der Waals surface area contributed by atoms with Crippen LogP contribution in [-0.2, 0) is 4.79 Å². The van der Waals surface area contributed by atoms with Gasteiger partial charge in [0.1, 0.15) is 0 Å². The quantitative estimate of drug-likeness (QED) is 0.813. The minimum atomic E-state index is -6.56. The third kappa shape index (κ3) is 2.82. The summed E-state index contributed by atoms with van der Waals surface area (Å²) < 4.78 is 88.5. The number of rotatable bonds is 3. The number of fused-ring (bicyclic) bond motifs is 1. The van der Waals surface area contributed by atoms with E-state index >= 15 is 0 Å². The molecule has 9 heteroatoms. The van der Waals surface area contributed by atoms with Crippen molar-refractivity contribution in [3.8, 4) is 0 Å². The lowest BCUT2D eigenvalue weighted by Crippen LogP contribution is -2.57. The van der Waals surface area contributed by atoms with Gasteiger partial charge in [-0.1, -0.05) is 36.4 Å². The van der Waals surface area contributed by atoms with E-state index in [1.54, 1.807) is 18.2 Å². The molecule has 1 N–H and O–H groups in total. The summed E-state index contributed by atoms with van der Waals surface area (Å²) >= 11 is 0. The standard InChI is InChI=1S/C14H8F7NO/c15-12(16,13(17,18)14(19,20)21)11(23)22-10-7-3-5-8-4-1-2-6-9(8)10/h1-7H,(H,22,23). The smallest absolute Gasteiger partial charge is 0.320 e. The SMILES string of the molecule is O=C(Nc1cccc2ccccc12)C(F)(F)C(F)(F)C(F)(F)F. The molecule has 0 atom stereocenters. The molecule has 0 spiro atoms.